The molecule has 1 N–H and O–H groups in total. The van der Waals surface area contributed by atoms with Crippen molar-refractivity contribution in [3.63, 3.8) is 0 Å². The van der Waals surface area contributed by atoms with E-state index in [-0.39, 0.29) is 5.56 Å². The van der Waals surface area contributed by atoms with Crippen molar-refractivity contribution in [2.75, 3.05) is 0 Å². The normalized spacial score (nSPS) is 11.3. The number of nitrogens with zero attached hydrogens (tertiary/aromatic N) is 1. The SMILES string of the molecule is Cn1c2ccccc2c2cc[nH]c(=O)c21. The number of hydrogen-bond donors (Lipinski definition) is 1. The Bertz CT molecular complexity index is 706. The van der Waals surface area contributed by atoms with E-state index in [4.69, 9.17) is 0 Å². The van der Waals surface area contributed by atoms with E-state index < -0.39 is 0 Å². The molecule has 74 valence electrons. The minimum absolute atomic E-state index is 0.0359. The van der Waals surface area contributed by atoms with Gasteiger partial charge in [0.05, 0.1) is 0 Å². The third-order valence-electron chi connectivity index (χ3n) is 2.83. The summed E-state index contributed by atoms with van der Waals surface area (Å²) < 4.78 is 1.93. The van der Waals surface area contributed by atoms with E-state index in [0.29, 0.717) is 0 Å². The third-order valence-corrected chi connectivity index (χ3v) is 2.83. The molecule has 1 aromatic carbocycles. The maximum absolute atomic E-state index is 11.7. The summed E-state index contributed by atoms with van der Waals surface area (Å²) in [6.45, 7) is 0. The van der Waals surface area contributed by atoms with Crippen molar-refractivity contribution in [2.24, 2.45) is 7.05 Å². The Hall–Kier alpha value is -2.03. The number of hydrogen-bond acceptors (Lipinski definition) is 1. The summed E-state index contributed by atoms with van der Waals surface area (Å²) >= 11 is 0. The van der Waals surface area contributed by atoms with Gasteiger partial charge in [-0.1, -0.05) is 18.2 Å². The highest BCUT2D eigenvalue weighted by Crippen LogP contribution is 2.24. The van der Waals surface area contributed by atoms with Crippen molar-refractivity contribution in [3.05, 3.63) is 46.9 Å². The highest BCUT2D eigenvalue weighted by atomic mass is 16.1. The van der Waals surface area contributed by atoms with Gasteiger partial charge in [0.25, 0.3) is 5.56 Å². The molecule has 0 spiro atoms. The molecule has 2 aromatic heterocycles. The number of aryl methyl sites for hydroxylation is 1. The average Bonchev–Trinajstić information content (AvgIpc) is 2.55. The largest absolute Gasteiger partial charge is 0.339 e. The van der Waals surface area contributed by atoms with Crippen LogP contribution in [0.1, 0.15) is 0 Å². The van der Waals surface area contributed by atoms with Crippen LogP contribution >= 0.6 is 0 Å². The second-order valence-electron chi connectivity index (χ2n) is 3.65. The van der Waals surface area contributed by atoms with Crippen LogP contribution < -0.4 is 5.56 Å². The first-order valence-electron chi connectivity index (χ1n) is 4.84. The van der Waals surface area contributed by atoms with Gasteiger partial charge in [0.2, 0.25) is 0 Å². The molecule has 0 bridgehead atoms. The minimum atomic E-state index is -0.0359. The summed E-state index contributed by atoms with van der Waals surface area (Å²) in [6.07, 6.45) is 1.69. The maximum atomic E-state index is 11.7. The third kappa shape index (κ3) is 0.973. The van der Waals surface area contributed by atoms with Crippen LogP contribution in [-0.2, 0) is 7.05 Å². The van der Waals surface area contributed by atoms with E-state index in [2.05, 4.69) is 4.98 Å². The molecule has 2 heterocycles. The molecule has 0 atom stereocenters. The number of fused-ring (bicyclic) bond motifs is 3. The molecule has 3 aromatic rings. The zero-order valence-corrected chi connectivity index (χ0v) is 8.32. The standard InChI is InChI=1S/C12H10N2O/c1-14-10-5-3-2-4-8(10)9-6-7-13-12(15)11(9)14/h2-7H,1H3,(H,13,15). The average molecular weight is 198 g/mol. The van der Waals surface area contributed by atoms with Crippen molar-refractivity contribution < 1.29 is 0 Å². The fourth-order valence-electron chi connectivity index (χ4n) is 2.13. The maximum Gasteiger partial charge on any atom is 0.272 e. The number of rotatable bonds is 0. The predicted octanol–water partition coefficient (Wildman–Crippen LogP) is 2.02. The number of H-pyrrole nitrogens is 1. The van der Waals surface area contributed by atoms with Crippen LogP contribution in [0.3, 0.4) is 0 Å². The molecular formula is C12H10N2O. The van der Waals surface area contributed by atoms with Gasteiger partial charge in [0.1, 0.15) is 5.52 Å². The Morgan fingerprint density at radius 1 is 1.13 bits per heavy atom. The summed E-state index contributed by atoms with van der Waals surface area (Å²) in [5.41, 5.74) is 1.79. The van der Waals surface area contributed by atoms with Crippen LogP contribution in [0.25, 0.3) is 21.8 Å². The van der Waals surface area contributed by atoms with E-state index in [9.17, 15) is 4.79 Å². The molecule has 0 aliphatic carbocycles. The second-order valence-corrected chi connectivity index (χ2v) is 3.65. The topological polar surface area (TPSA) is 37.8 Å². The van der Waals surface area contributed by atoms with E-state index in [1.54, 1.807) is 6.20 Å². The lowest BCUT2D eigenvalue weighted by Crippen LogP contribution is -2.07. The van der Waals surface area contributed by atoms with Crippen LogP contribution in [0.4, 0.5) is 0 Å². The van der Waals surface area contributed by atoms with E-state index >= 15 is 0 Å². The minimum Gasteiger partial charge on any atom is -0.339 e. The van der Waals surface area contributed by atoms with Crippen LogP contribution in [0.5, 0.6) is 0 Å². The van der Waals surface area contributed by atoms with Gasteiger partial charge in [-0.05, 0) is 12.1 Å². The number of nitrogens with one attached hydrogen (secondary N) is 1. The van der Waals surface area contributed by atoms with Crippen LogP contribution in [0.2, 0.25) is 0 Å². The lowest BCUT2D eigenvalue weighted by atomic mass is 10.2. The Balaban J connectivity index is 2.76. The highest BCUT2D eigenvalue weighted by Gasteiger charge is 2.08. The molecule has 0 amide bonds. The second kappa shape index (κ2) is 2.73. The van der Waals surface area contributed by atoms with Gasteiger partial charge in [0, 0.05) is 29.5 Å². The summed E-state index contributed by atoms with van der Waals surface area (Å²) in [4.78, 5) is 14.4. The fraction of sp³-hybridized carbons (Fsp3) is 0.0833. The molecule has 0 fully saturated rings. The number of aromatic amines is 1. The highest BCUT2D eigenvalue weighted by molar-refractivity contribution is 6.07. The quantitative estimate of drug-likeness (QED) is 0.589. The molecule has 3 rings (SSSR count). The Morgan fingerprint density at radius 2 is 1.93 bits per heavy atom. The molecule has 0 saturated carbocycles. The zero-order valence-electron chi connectivity index (χ0n) is 8.32. The van der Waals surface area contributed by atoms with Crippen molar-refractivity contribution in [3.8, 4) is 0 Å². The summed E-state index contributed by atoms with van der Waals surface area (Å²) in [6, 6.07) is 9.98. The van der Waals surface area contributed by atoms with Gasteiger partial charge in [0.15, 0.2) is 0 Å². The van der Waals surface area contributed by atoms with Crippen molar-refractivity contribution in [1.29, 1.82) is 0 Å². The predicted molar refractivity (Wildman–Crippen MR) is 61.0 cm³/mol. The number of pyridine rings is 1. The molecule has 3 heteroatoms. The van der Waals surface area contributed by atoms with E-state index in [0.717, 1.165) is 21.8 Å². The Labute approximate surface area is 86.0 Å². The van der Waals surface area contributed by atoms with Gasteiger partial charge in [-0.25, -0.2) is 0 Å². The van der Waals surface area contributed by atoms with Gasteiger partial charge in [-0.3, -0.25) is 4.79 Å². The smallest absolute Gasteiger partial charge is 0.272 e. The summed E-state index contributed by atoms with van der Waals surface area (Å²) in [5.74, 6) is 0. The van der Waals surface area contributed by atoms with Crippen LogP contribution in [0.15, 0.2) is 41.3 Å². The molecule has 0 radical (unpaired) electrons. The molecule has 0 saturated heterocycles. The van der Waals surface area contributed by atoms with Crippen LogP contribution in [0, 0.1) is 0 Å². The van der Waals surface area contributed by atoms with Gasteiger partial charge in [-0.2, -0.15) is 0 Å². The van der Waals surface area contributed by atoms with Crippen molar-refractivity contribution in [2.45, 2.75) is 0 Å². The molecule has 0 unspecified atom stereocenters. The fourth-order valence-corrected chi connectivity index (χ4v) is 2.13. The lowest BCUT2D eigenvalue weighted by molar-refractivity contribution is 0.999. The Kier molecular flexibility index (Phi) is 1.51. The molecular weight excluding hydrogens is 188 g/mol. The molecule has 15 heavy (non-hydrogen) atoms. The zero-order chi connectivity index (χ0) is 10.4. The van der Waals surface area contributed by atoms with Gasteiger partial charge < -0.3 is 9.55 Å². The summed E-state index contributed by atoms with van der Waals surface area (Å²) in [5, 5.41) is 2.14. The Morgan fingerprint density at radius 3 is 2.80 bits per heavy atom. The summed E-state index contributed by atoms with van der Waals surface area (Å²) in [7, 11) is 1.92. The monoisotopic (exact) mass is 198 g/mol. The lowest BCUT2D eigenvalue weighted by Gasteiger charge is -1.94. The molecule has 3 nitrogen and oxygen atoms in total. The first-order valence-corrected chi connectivity index (χ1v) is 4.84. The first kappa shape index (κ1) is 8.29. The van der Waals surface area contributed by atoms with Gasteiger partial charge in [-0.15, -0.1) is 0 Å². The van der Waals surface area contributed by atoms with Crippen molar-refractivity contribution in [1.82, 2.24) is 9.55 Å². The van der Waals surface area contributed by atoms with E-state index in [1.807, 2.05) is 41.9 Å². The number of benzene rings is 1. The molecule has 0 aliphatic heterocycles. The van der Waals surface area contributed by atoms with Gasteiger partial charge >= 0.3 is 0 Å². The number of aromatic nitrogens is 2. The van der Waals surface area contributed by atoms with Crippen LogP contribution in [-0.4, -0.2) is 9.55 Å². The molecule has 0 aliphatic rings. The first-order chi connectivity index (χ1) is 7.29. The number of para-hydroxylation sites is 1. The van der Waals surface area contributed by atoms with E-state index in [1.165, 1.54) is 0 Å². The van der Waals surface area contributed by atoms with Crippen molar-refractivity contribution >= 4 is 21.8 Å².